The maximum Gasteiger partial charge on any atom is 0.306 e. The summed E-state index contributed by atoms with van der Waals surface area (Å²) in [6.07, 6.45) is 3.11. The lowest BCUT2D eigenvalue weighted by Gasteiger charge is -2.14. The predicted octanol–water partition coefficient (Wildman–Crippen LogP) is 3.89. The Balaban J connectivity index is 1.40. The van der Waals surface area contributed by atoms with E-state index in [1.54, 1.807) is 6.92 Å². The van der Waals surface area contributed by atoms with Crippen molar-refractivity contribution in [3.8, 4) is 0 Å². The van der Waals surface area contributed by atoms with Crippen LogP contribution in [0.4, 0.5) is 0 Å². The molecule has 6 nitrogen and oxygen atoms in total. The van der Waals surface area contributed by atoms with Crippen LogP contribution >= 0.6 is 0 Å². The van der Waals surface area contributed by atoms with E-state index in [0.717, 1.165) is 47.6 Å². The summed E-state index contributed by atoms with van der Waals surface area (Å²) < 4.78 is 7.26. The van der Waals surface area contributed by atoms with Gasteiger partial charge in [-0.1, -0.05) is 12.1 Å². The van der Waals surface area contributed by atoms with Crippen molar-refractivity contribution >= 4 is 17.4 Å². The number of nitrogens with zero attached hydrogens (tertiary/aromatic N) is 3. The van der Waals surface area contributed by atoms with E-state index in [-0.39, 0.29) is 18.2 Å². The molecule has 1 aliphatic carbocycles. The molecule has 0 fully saturated rings. The number of aromatic nitrogens is 3. The van der Waals surface area contributed by atoms with E-state index in [4.69, 9.17) is 4.74 Å². The summed E-state index contributed by atoms with van der Waals surface area (Å²) in [7, 11) is 0. The molecule has 0 bridgehead atoms. The molecule has 6 heteroatoms. The molecule has 1 aromatic carbocycles. The van der Waals surface area contributed by atoms with Crippen LogP contribution < -0.4 is 0 Å². The lowest BCUT2D eigenvalue weighted by molar-refractivity contribution is -0.146. The third kappa shape index (κ3) is 3.86. The summed E-state index contributed by atoms with van der Waals surface area (Å²) in [6, 6.07) is 7.76. The van der Waals surface area contributed by atoms with E-state index in [9.17, 15) is 9.59 Å². The Kier molecular flexibility index (Phi) is 5.41. The molecular weight excluding hydrogens is 378 g/mol. The fraction of sp³-hybridized carbons (Fsp3) is 0.417. The van der Waals surface area contributed by atoms with Crippen LogP contribution in [0.2, 0.25) is 0 Å². The molecule has 2 aromatic heterocycles. The second kappa shape index (κ2) is 8.01. The van der Waals surface area contributed by atoms with Gasteiger partial charge in [0, 0.05) is 29.4 Å². The third-order valence-electron chi connectivity index (χ3n) is 5.93. The number of fused-ring (bicyclic) bond motifs is 2. The van der Waals surface area contributed by atoms with Crippen molar-refractivity contribution in [3.05, 3.63) is 63.6 Å². The van der Waals surface area contributed by atoms with Gasteiger partial charge in [0.05, 0.1) is 5.69 Å². The van der Waals surface area contributed by atoms with Crippen molar-refractivity contribution in [3.63, 3.8) is 0 Å². The summed E-state index contributed by atoms with van der Waals surface area (Å²) in [5, 5.41) is 4.46. The Bertz CT molecular complexity index is 1150. The molecule has 2 heterocycles. The van der Waals surface area contributed by atoms with Gasteiger partial charge in [-0.25, -0.2) is 9.50 Å². The Morgan fingerprint density at radius 2 is 1.90 bits per heavy atom. The van der Waals surface area contributed by atoms with E-state index in [2.05, 4.69) is 10.1 Å². The number of carbonyl (C=O) groups is 2. The van der Waals surface area contributed by atoms with Crippen molar-refractivity contribution in [2.75, 3.05) is 0 Å². The molecule has 3 aromatic rings. The van der Waals surface area contributed by atoms with E-state index in [0.29, 0.717) is 12.0 Å². The molecule has 30 heavy (non-hydrogen) atoms. The van der Waals surface area contributed by atoms with E-state index >= 15 is 0 Å². The molecule has 0 radical (unpaired) electrons. The van der Waals surface area contributed by atoms with Crippen LogP contribution in [0.5, 0.6) is 0 Å². The molecule has 4 rings (SSSR count). The number of hydrogen-bond donors (Lipinski definition) is 0. The van der Waals surface area contributed by atoms with Gasteiger partial charge < -0.3 is 4.74 Å². The van der Waals surface area contributed by atoms with Gasteiger partial charge in [-0.2, -0.15) is 5.10 Å². The molecule has 0 N–H and O–H groups in total. The number of benzene rings is 1. The van der Waals surface area contributed by atoms with Crippen LogP contribution in [-0.2, 0) is 28.8 Å². The highest BCUT2D eigenvalue weighted by molar-refractivity contribution is 6.00. The highest BCUT2D eigenvalue weighted by Gasteiger charge is 2.22. The number of esters is 1. The quantitative estimate of drug-likeness (QED) is 0.459. The summed E-state index contributed by atoms with van der Waals surface area (Å²) in [5.41, 5.74) is 7.73. The van der Waals surface area contributed by atoms with Crippen LogP contribution in [-0.4, -0.2) is 32.5 Å². The highest BCUT2D eigenvalue weighted by atomic mass is 16.5. The largest absolute Gasteiger partial charge is 0.454 e. The lowest BCUT2D eigenvalue weighted by Crippen LogP contribution is -2.25. The zero-order valence-electron chi connectivity index (χ0n) is 18.0. The number of rotatable bonds is 6. The average molecular weight is 405 g/mol. The van der Waals surface area contributed by atoms with Crippen LogP contribution in [0.25, 0.3) is 5.65 Å². The van der Waals surface area contributed by atoms with Crippen LogP contribution in [0.3, 0.4) is 0 Å². The van der Waals surface area contributed by atoms with Gasteiger partial charge in [0.2, 0.25) is 5.78 Å². The third-order valence-corrected chi connectivity index (χ3v) is 5.93. The second-order valence-corrected chi connectivity index (χ2v) is 8.15. The summed E-state index contributed by atoms with van der Waals surface area (Å²) >= 11 is 0. The van der Waals surface area contributed by atoms with Crippen molar-refractivity contribution in [1.82, 2.24) is 14.6 Å². The lowest BCUT2D eigenvalue weighted by atomic mass is 10.0. The molecule has 0 spiro atoms. The molecule has 1 aliphatic rings. The van der Waals surface area contributed by atoms with E-state index < -0.39 is 6.10 Å². The van der Waals surface area contributed by atoms with Gasteiger partial charge in [-0.05, 0) is 76.1 Å². The number of aryl methyl sites for hydroxylation is 5. The average Bonchev–Trinajstić information content (AvgIpc) is 3.32. The van der Waals surface area contributed by atoms with E-state index in [1.807, 2.05) is 49.6 Å². The van der Waals surface area contributed by atoms with Gasteiger partial charge in [0.1, 0.15) is 0 Å². The molecule has 0 saturated heterocycles. The number of ether oxygens (including phenoxy) is 1. The van der Waals surface area contributed by atoms with Gasteiger partial charge in [0.15, 0.2) is 11.8 Å². The molecule has 156 valence electrons. The number of hydrogen-bond acceptors (Lipinski definition) is 5. The van der Waals surface area contributed by atoms with Gasteiger partial charge in [-0.15, -0.1) is 0 Å². The van der Waals surface area contributed by atoms with Gasteiger partial charge >= 0.3 is 5.97 Å². The standard InChI is InChI=1S/C24H27N3O3/c1-14-12-22-25-15(2)21(16(3)27(22)26-14)10-11-23(28)30-17(4)24(29)20-9-8-18-6-5-7-19(18)13-20/h8-9,12-13,17H,5-7,10-11H2,1-4H3. The zero-order valence-corrected chi connectivity index (χ0v) is 18.0. The van der Waals surface area contributed by atoms with Crippen molar-refractivity contribution in [1.29, 1.82) is 0 Å². The summed E-state index contributed by atoms with van der Waals surface area (Å²) in [5.74, 6) is -0.534. The first-order valence-electron chi connectivity index (χ1n) is 10.5. The summed E-state index contributed by atoms with van der Waals surface area (Å²) in [4.78, 5) is 29.7. The minimum atomic E-state index is -0.798. The van der Waals surface area contributed by atoms with Crippen LogP contribution in [0, 0.1) is 20.8 Å². The van der Waals surface area contributed by atoms with Crippen molar-refractivity contribution < 1.29 is 14.3 Å². The molecule has 1 unspecified atom stereocenters. The first-order valence-corrected chi connectivity index (χ1v) is 10.5. The smallest absolute Gasteiger partial charge is 0.306 e. The molecule has 0 amide bonds. The van der Waals surface area contributed by atoms with Gasteiger partial charge in [-0.3, -0.25) is 9.59 Å². The molecule has 0 saturated carbocycles. The number of carbonyl (C=O) groups excluding carboxylic acids is 2. The Hall–Kier alpha value is -3.02. The maximum absolute atomic E-state index is 12.7. The van der Waals surface area contributed by atoms with Crippen molar-refractivity contribution in [2.45, 2.75) is 65.9 Å². The van der Waals surface area contributed by atoms with Crippen LogP contribution in [0.15, 0.2) is 24.3 Å². The fourth-order valence-corrected chi connectivity index (χ4v) is 4.30. The monoisotopic (exact) mass is 405 g/mol. The maximum atomic E-state index is 12.7. The zero-order chi connectivity index (χ0) is 21.4. The van der Waals surface area contributed by atoms with Crippen LogP contribution in [0.1, 0.15) is 63.9 Å². The SMILES string of the molecule is Cc1cc2nc(C)c(CCC(=O)OC(C)C(=O)c3ccc4c(c3)CCC4)c(C)n2n1. The second-order valence-electron chi connectivity index (χ2n) is 8.15. The van der Waals surface area contributed by atoms with Gasteiger partial charge in [0.25, 0.3) is 0 Å². The first-order chi connectivity index (χ1) is 14.3. The molecule has 0 aliphatic heterocycles. The molecule has 1 atom stereocenters. The number of Topliss-reactive ketones (excluding diaryl/α,β-unsaturated/α-hetero) is 1. The Labute approximate surface area is 176 Å². The highest BCUT2D eigenvalue weighted by Crippen LogP contribution is 2.24. The topological polar surface area (TPSA) is 73.6 Å². The minimum absolute atomic E-state index is 0.152. The first kappa shape index (κ1) is 20.3. The predicted molar refractivity (Wildman–Crippen MR) is 114 cm³/mol. The minimum Gasteiger partial charge on any atom is -0.454 e. The Morgan fingerprint density at radius 1 is 1.13 bits per heavy atom. The summed E-state index contributed by atoms with van der Waals surface area (Å²) in [6.45, 7) is 7.49. The number of ketones is 1. The Morgan fingerprint density at radius 3 is 2.70 bits per heavy atom. The molecular formula is C24H27N3O3. The van der Waals surface area contributed by atoms with E-state index in [1.165, 1.54) is 11.1 Å². The fourth-order valence-electron chi connectivity index (χ4n) is 4.30. The normalized spacial score (nSPS) is 14.0. The van der Waals surface area contributed by atoms with Crippen molar-refractivity contribution in [2.24, 2.45) is 0 Å².